The van der Waals surface area contributed by atoms with E-state index in [2.05, 4.69) is 15.2 Å². The average Bonchev–Trinajstić information content (AvgIpc) is 2.87. The predicted molar refractivity (Wildman–Crippen MR) is 80.2 cm³/mol. The number of H-pyrrole nitrogens is 1. The Hall–Kier alpha value is -3.15. The maximum atomic E-state index is 11.0. The number of nitriles is 1. The molecule has 9 nitrogen and oxygen atoms in total. The molecular formula is C13H15N7O2. The molecule has 0 saturated heterocycles. The number of pyridine rings is 1. The summed E-state index contributed by atoms with van der Waals surface area (Å²) in [4.78, 5) is 16.3. The lowest BCUT2D eigenvalue weighted by Gasteiger charge is -2.17. The van der Waals surface area contributed by atoms with Gasteiger partial charge in [0, 0.05) is 25.9 Å². The monoisotopic (exact) mass is 301 g/mol. The third kappa shape index (κ3) is 3.12. The molecule has 0 bridgehead atoms. The van der Waals surface area contributed by atoms with Gasteiger partial charge < -0.3 is 10.6 Å². The number of nitrogens with zero attached hydrogens (tertiary/aromatic N) is 5. The van der Waals surface area contributed by atoms with E-state index in [1.54, 1.807) is 11.9 Å². The van der Waals surface area contributed by atoms with E-state index in [4.69, 9.17) is 11.0 Å². The highest BCUT2D eigenvalue weighted by molar-refractivity contribution is 5.56. The van der Waals surface area contributed by atoms with Crippen LogP contribution in [0.2, 0.25) is 0 Å². The van der Waals surface area contributed by atoms with E-state index in [0.29, 0.717) is 36.5 Å². The number of hydrogen-bond acceptors (Lipinski definition) is 7. The average molecular weight is 301 g/mol. The molecule has 0 unspecified atom stereocenters. The number of hydrogen-bond donors (Lipinski definition) is 2. The number of aryl methyl sites for hydroxylation is 1. The molecule has 2 heterocycles. The molecule has 0 radical (unpaired) electrons. The van der Waals surface area contributed by atoms with Crippen LogP contribution in [0.15, 0.2) is 18.3 Å². The van der Waals surface area contributed by atoms with Gasteiger partial charge in [0.05, 0.1) is 10.6 Å². The van der Waals surface area contributed by atoms with E-state index in [1.807, 2.05) is 6.07 Å². The third-order valence-electron chi connectivity index (χ3n) is 3.23. The van der Waals surface area contributed by atoms with Crippen molar-refractivity contribution in [3.05, 3.63) is 39.7 Å². The molecule has 0 spiro atoms. The summed E-state index contributed by atoms with van der Waals surface area (Å²) in [5, 5.41) is 26.5. The highest BCUT2D eigenvalue weighted by Crippen LogP contribution is 2.24. The fraction of sp³-hybridized carbons (Fsp3) is 0.308. The molecule has 2 aromatic heterocycles. The molecule has 3 N–H and O–H groups in total. The van der Waals surface area contributed by atoms with Crippen molar-refractivity contribution in [2.45, 2.75) is 12.8 Å². The summed E-state index contributed by atoms with van der Waals surface area (Å²) in [7, 11) is 1.74. The van der Waals surface area contributed by atoms with Gasteiger partial charge in [-0.2, -0.15) is 10.4 Å². The van der Waals surface area contributed by atoms with Gasteiger partial charge in [0.15, 0.2) is 5.82 Å². The first-order valence-corrected chi connectivity index (χ1v) is 6.58. The Labute approximate surface area is 126 Å². The summed E-state index contributed by atoms with van der Waals surface area (Å²) in [6, 6.07) is 4.95. The first kappa shape index (κ1) is 15.2. The SMILES string of the molecule is CN(CCCc1[nH]nc(N)c1C#N)c1ncccc1[N+](=O)[O-]. The summed E-state index contributed by atoms with van der Waals surface area (Å²) in [5.74, 6) is 0.503. The molecule has 0 fully saturated rings. The minimum Gasteiger partial charge on any atom is -0.381 e. The van der Waals surface area contributed by atoms with Gasteiger partial charge in [-0.1, -0.05) is 0 Å². The second-order valence-electron chi connectivity index (χ2n) is 4.70. The van der Waals surface area contributed by atoms with Crippen LogP contribution in [0.4, 0.5) is 17.3 Å². The van der Waals surface area contributed by atoms with Gasteiger partial charge in [0.1, 0.15) is 11.6 Å². The van der Waals surface area contributed by atoms with Gasteiger partial charge in [-0.3, -0.25) is 15.2 Å². The molecule has 0 atom stereocenters. The smallest absolute Gasteiger partial charge is 0.311 e. The maximum Gasteiger partial charge on any atom is 0.311 e. The van der Waals surface area contributed by atoms with Crippen LogP contribution in [0.25, 0.3) is 0 Å². The molecule has 0 aliphatic heterocycles. The van der Waals surface area contributed by atoms with E-state index in [-0.39, 0.29) is 11.5 Å². The van der Waals surface area contributed by atoms with Crippen molar-refractivity contribution < 1.29 is 4.92 Å². The van der Waals surface area contributed by atoms with E-state index >= 15 is 0 Å². The summed E-state index contributed by atoms with van der Waals surface area (Å²) in [6.45, 7) is 0.543. The Morgan fingerprint density at radius 3 is 3.05 bits per heavy atom. The van der Waals surface area contributed by atoms with Gasteiger partial charge >= 0.3 is 5.69 Å². The van der Waals surface area contributed by atoms with Gasteiger partial charge in [-0.15, -0.1) is 0 Å². The largest absolute Gasteiger partial charge is 0.381 e. The van der Waals surface area contributed by atoms with Crippen molar-refractivity contribution in [3.8, 4) is 6.07 Å². The fourth-order valence-electron chi connectivity index (χ4n) is 2.12. The van der Waals surface area contributed by atoms with E-state index < -0.39 is 4.92 Å². The van der Waals surface area contributed by atoms with Crippen molar-refractivity contribution in [1.82, 2.24) is 15.2 Å². The number of rotatable bonds is 6. The number of anilines is 2. The van der Waals surface area contributed by atoms with E-state index in [9.17, 15) is 10.1 Å². The minimum atomic E-state index is -0.456. The van der Waals surface area contributed by atoms with Crippen molar-refractivity contribution in [3.63, 3.8) is 0 Å². The van der Waals surface area contributed by atoms with Crippen molar-refractivity contribution in [2.75, 3.05) is 24.2 Å². The predicted octanol–water partition coefficient (Wildman–Crippen LogP) is 1.24. The lowest BCUT2D eigenvalue weighted by atomic mass is 10.1. The highest BCUT2D eigenvalue weighted by atomic mass is 16.6. The Bertz CT molecular complexity index is 719. The van der Waals surface area contributed by atoms with Crippen LogP contribution in [0.5, 0.6) is 0 Å². The molecular weight excluding hydrogens is 286 g/mol. The van der Waals surface area contributed by atoms with Gasteiger partial charge in [-0.05, 0) is 18.9 Å². The van der Waals surface area contributed by atoms with Crippen molar-refractivity contribution in [1.29, 1.82) is 5.26 Å². The molecule has 2 aromatic rings. The first-order chi connectivity index (χ1) is 10.5. The standard InChI is InChI=1S/C13H15N7O2/c1-19(13-11(20(21)22)5-2-6-16-13)7-3-4-10-9(8-14)12(15)18-17-10/h2,5-6H,3-4,7H2,1H3,(H3,15,17,18). The summed E-state index contributed by atoms with van der Waals surface area (Å²) >= 11 is 0. The summed E-state index contributed by atoms with van der Waals surface area (Å²) in [5.41, 5.74) is 6.56. The zero-order valence-electron chi connectivity index (χ0n) is 12.0. The molecule has 114 valence electrons. The summed E-state index contributed by atoms with van der Waals surface area (Å²) in [6.07, 6.45) is 2.75. The Morgan fingerprint density at radius 2 is 2.36 bits per heavy atom. The zero-order valence-corrected chi connectivity index (χ0v) is 12.0. The number of nitro groups is 1. The van der Waals surface area contributed by atoms with E-state index in [1.165, 1.54) is 18.3 Å². The van der Waals surface area contributed by atoms with Crippen LogP contribution in [-0.2, 0) is 6.42 Å². The second kappa shape index (κ2) is 6.53. The third-order valence-corrected chi connectivity index (χ3v) is 3.23. The van der Waals surface area contributed by atoms with Crippen molar-refractivity contribution in [2.24, 2.45) is 0 Å². The maximum absolute atomic E-state index is 11.0. The molecule has 0 amide bonds. The van der Waals surface area contributed by atoms with Crippen LogP contribution in [0.1, 0.15) is 17.7 Å². The number of nitrogens with two attached hydrogens (primary N) is 1. The number of nitrogens with one attached hydrogen (secondary N) is 1. The molecule has 9 heteroatoms. The van der Waals surface area contributed by atoms with Gasteiger partial charge in [0.25, 0.3) is 0 Å². The topological polar surface area (TPSA) is 138 Å². The zero-order chi connectivity index (χ0) is 16.1. The van der Waals surface area contributed by atoms with Crippen LogP contribution < -0.4 is 10.6 Å². The Balaban J connectivity index is 2.00. The number of aromatic nitrogens is 3. The molecule has 2 rings (SSSR count). The van der Waals surface area contributed by atoms with Crippen LogP contribution >= 0.6 is 0 Å². The minimum absolute atomic E-state index is 0.0338. The molecule has 22 heavy (non-hydrogen) atoms. The van der Waals surface area contributed by atoms with E-state index in [0.717, 1.165) is 0 Å². The lowest BCUT2D eigenvalue weighted by Crippen LogP contribution is -2.21. The van der Waals surface area contributed by atoms with Crippen LogP contribution in [-0.4, -0.2) is 33.7 Å². The van der Waals surface area contributed by atoms with Crippen LogP contribution in [0, 0.1) is 21.4 Å². The summed E-state index contributed by atoms with van der Waals surface area (Å²) < 4.78 is 0. The molecule has 0 saturated carbocycles. The normalized spacial score (nSPS) is 10.2. The first-order valence-electron chi connectivity index (χ1n) is 6.58. The van der Waals surface area contributed by atoms with Gasteiger partial charge in [-0.25, -0.2) is 4.98 Å². The van der Waals surface area contributed by atoms with Crippen molar-refractivity contribution >= 4 is 17.3 Å². The lowest BCUT2D eigenvalue weighted by molar-refractivity contribution is -0.384. The number of aromatic amines is 1. The molecule has 0 aliphatic carbocycles. The quantitative estimate of drug-likeness (QED) is 0.604. The molecule has 0 aliphatic rings. The number of nitrogen functional groups attached to an aromatic ring is 1. The Kier molecular flexibility index (Phi) is 4.53. The van der Waals surface area contributed by atoms with Crippen LogP contribution in [0.3, 0.4) is 0 Å². The fourth-order valence-corrected chi connectivity index (χ4v) is 2.12. The Morgan fingerprint density at radius 1 is 1.59 bits per heavy atom. The highest BCUT2D eigenvalue weighted by Gasteiger charge is 2.18. The molecule has 0 aromatic carbocycles. The second-order valence-corrected chi connectivity index (χ2v) is 4.70. The van der Waals surface area contributed by atoms with Gasteiger partial charge in [0.2, 0.25) is 5.82 Å².